The third kappa shape index (κ3) is 2.09. The van der Waals surface area contributed by atoms with Gasteiger partial charge < -0.3 is 4.74 Å². The highest BCUT2D eigenvalue weighted by molar-refractivity contribution is 7.84. The lowest BCUT2D eigenvalue weighted by Crippen LogP contribution is -2.23. The Labute approximate surface area is 57.4 Å². The van der Waals surface area contributed by atoms with Crippen LogP contribution in [-0.2, 0) is 14.8 Å². The van der Waals surface area contributed by atoms with Crippen LogP contribution in [0.2, 0.25) is 0 Å². The number of methoxy groups -OCH3 is 1. The first kappa shape index (κ1) is 9.02. The molecule has 0 fully saturated rings. The molecule has 10 heavy (non-hydrogen) atoms. The van der Waals surface area contributed by atoms with E-state index in [9.17, 15) is 18.1 Å². The van der Waals surface area contributed by atoms with Crippen LogP contribution in [0.5, 0.6) is 0 Å². The average Bonchev–Trinajstić information content (AvgIpc) is 1.83. The third-order valence-electron chi connectivity index (χ3n) is 0.625. The van der Waals surface area contributed by atoms with Crippen LogP contribution in [0.4, 0.5) is 4.79 Å². The number of nitroso groups, excluding NO2 is 1. The van der Waals surface area contributed by atoms with Gasteiger partial charge in [-0.05, 0) is 0 Å². The van der Waals surface area contributed by atoms with Gasteiger partial charge in [0.15, 0.2) is 0 Å². The van der Waals surface area contributed by atoms with Crippen LogP contribution in [0.3, 0.4) is 0 Å². The van der Waals surface area contributed by atoms with Gasteiger partial charge in [-0.2, -0.15) is 13.2 Å². The first-order valence-corrected chi connectivity index (χ1v) is 4.00. The Morgan fingerprint density at radius 1 is 1.50 bits per heavy atom. The molecule has 1 amide bonds. The fraction of sp³-hybridized carbons (Fsp3) is 0.667. The number of sulfonamides is 1. The molecule has 0 unspecified atom stereocenters. The Bertz CT molecular complexity index is 252. The van der Waals surface area contributed by atoms with Crippen molar-refractivity contribution in [3.8, 4) is 0 Å². The van der Waals surface area contributed by atoms with Crippen molar-refractivity contribution in [2.75, 3.05) is 13.4 Å². The summed E-state index contributed by atoms with van der Waals surface area (Å²) in [6.07, 6.45) is -0.834. The van der Waals surface area contributed by atoms with Gasteiger partial charge in [0.2, 0.25) is 4.17 Å². The van der Waals surface area contributed by atoms with Crippen LogP contribution in [0.15, 0.2) is 0 Å². The predicted octanol–water partition coefficient (Wildman–Crippen LogP) is -0.509. The smallest absolute Gasteiger partial charge is 0.411 e. The lowest BCUT2D eigenvalue weighted by molar-refractivity contribution is -0.304. The highest BCUT2D eigenvalue weighted by atomic mass is 32.2. The van der Waals surface area contributed by atoms with E-state index in [1.165, 1.54) is 0 Å². The molecular weight excluding hydrogens is 162 g/mol. The highest BCUT2D eigenvalue weighted by Crippen LogP contribution is 1.88. The summed E-state index contributed by atoms with van der Waals surface area (Å²) >= 11 is 0. The second kappa shape index (κ2) is 2.74. The Morgan fingerprint density at radius 2 is 1.90 bits per heavy atom. The summed E-state index contributed by atoms with van der Waals surface area (Å²) in [4.78, 5) is 20.4. The molecule has 7 heteroatoms. The van der Waals surface area contributed by atoms with Crippen molar-refractivity contribution in [2.24, 2.45) is 0 Å². The molecular formula is C3H6NO5S+. The highest BCUT2D eigenvalue weighted by Gasteiger charge is 2.34. The molecule has 0 atom stereocenters. The van der Waals surface area contributed by atoms with E-state index in [1.54, 1.807) is 0 Å². The Morgan fingerprint density at radius 3 is 2.00 bits per heavy atom. The summed E-state index contributed by atoms with van der Waals surface area (Å²) in [5, 5.41) is 0. The first-order valence-electron chi connectivity index (χ1n) is 2.15. The van der Waals surface area contributed by atoms with Gasteiger partial charge in [-0.25, -0.2) is 0 Å². The fourth-order valence-electron chi connectivity index (χ4n) is 0.210. The summed E-state index contributed by atoms with van der Waals surface area (Å²) in [5.74, 6) is 0. The van der Waals surface area contributed by atoms with Crippen molar-refractivity contribution >= 4 is 16.1 Å². The number of carbonyl (C=O) groups is 1. The predicted molar refractivity (Wildman–Crippen MR) is 30.9 cm³/mol. The first-order chi connectivity index (χ1) is 4.39. The minimum absolute atomic E-state index is 0.608. The van der Waals surface area contributed by atoms with Crippen molar-refractivity contribution in [1.29, 1.82) is 0 Å². The van der Waals surface area contributed by atoms with Gasteiger partial charge in [0.05, 0.1) is 12.0 Å². The van der Waals surface area contributed by atoms with E-state index < -0.39 is 20.3 Å². The maximum Gasteiger partial charge on any atom is 0.663 e. The van der Waals surface area contributed by atoms with Crippen molar-refractivity contribution in [3.05, 3.63) is 4.91 Å². The molecule has 0 rings (SSSR count). The zero-order chi connectivity index (χ0) is 8.36. The fourth-order valence-corrected chi connectivity index (χ4v) is 0.555. The largest absolute Gasteiger partial charge is 0.663 e. The molecule has 0 aliphatic heterocycles. The molecule has 0 saturated carbocycles. The SMILES string of the molecule is COC(=O)[N+](=O)S(C)(=O)=O. The Balaban J connectivity index is 4.57. The Kier molecular flexibility index (Phi) is 2.47. The van der Waals surface area contributed by atoms with Gasteiger partial charge in [0, 0.05) is 0 Å². The van der Waals surface area contributed by atoms with Crippen molar-refractivity contribution in [3.63, 3.8) is 0 Å². The van der Waals surface area contributed by atoms with E-state index in [0.29, 0.717) is 6.26 Å². The second-order valence-corrected chi connectivity index (χ2v) is 3.26. The van der Waals surface area contributed by atoms with Crippen LogP contribution in [0, 0.1) is 4.91 Å². The van der Waals surface area contributed by atoms with Crippen LogP contribution >= 0.6 is 0 Å². The van der Waals surface area contributed by atoms with Crippen LogP contribution in [0.25, 0.3) is 0 Å². The molecule has 58 valence electrons. The molecule has 0 N–H and O–H groups in total. The summed E-state index contributed by atoms with van der Waals surface area (Å²) in [5.41, 5.74) is 0. The zero-order valence-corrected chi connectivity index (χ0v) is 6.21. The monoisotopic (exact) mass is 168 g/mol. The van der Waals surface area contributed by atoms with E-state index in [-0.39, 0.29) is 0 Å². The quantitative estimate of drug-likeness (QED) is 0.492. The molecule has 0 saturated heterocycles. The van der Waals surface area contributed by atoms with E-state index >= 15 is 0 Å². The van der Waals surface area contributed by atoms with Crippen molar-refractivity contribution in [1.82, 2.24) is 0 Å². The lowest BCUT2D eigenvalue weighted by Gasteiger charge is -1.83. The molecule has 0 radical (unpaired) electrons. The van der Waals surface area contributed by atoms with E-state index in [0.717, 1.165) is 7.11 Å². The maximum absolute atomic E-state index is 10.2. The normalized spacial score (nSPS) is 10.6. The minimum atomic E-state index is -4.01. The molecule has 0 aromatic rings. The summed E-state index contributed by atoms with van der Waals surface area (Å²) in [6, 6.07) is 0. The van der Waals surface area contributed by atoms with E-state index in [1.807, 2.05) is 0 Å². The molecule has 0 heterocycles. The van der Waals surface area contributed by atoms with Gasteiger partial charge in [-0.1, -0.05) is 0 Å². The van der Waals surface area contributed by atoms with Gasteiger partial charge >= 0.3 is 16.1 Å². The van der Waals surface area contributed by atoms with Gasteiger partial charge in [0.1, 0.15) is 6.26 Å². The molecule has 6 nitrogen and oxygen atoms in total. The molecule has 0 bridgehead atoms. The topological polar surface area (TPSA) is 80.5 Å². The van der Waals surface area contributed by atoms with Crippen LogP contribution in [0.1, 0.15) is 0 Å². The number of rotatable bonds is 1. The summed E-state index contributed by atoms with van der Waals surface area (Å²) < 4.78 is 23.6. The van der Waals surface area contributed by atoms with Gasteiger partial charge in [-0.3, -0.25) is 0 Å². The standard InChI is InChI=1S/C3H6NO5S/c1-9-3(5)4(6)10(2,7)8/h1-2H3/q+1. The van der Waals surface area contributed by atoms with Gasteiger partial charge in [-0.15, -0.1) is 0 Å². The zero-order valence-electron chi connectivity index (χ0n) is 5.40. The number of amides is 1. The van der Waals surface area contributed by atoms with Crippen molar-refractivity contribution < 1.29 is 22.1 Å². The third-order valence-corrected chi connectivity index (χ3v) is 1.38. The number of nitrogens with zero attached hydrogens (tertiary/aromatic N) is 1. The van der Waals surface area contributed by atoms with Crippen LogP contribution in [-0.4, -0.2) is 32.0 Å². The van der Waals surface area contributed by atoms with Gasteiger partial charge in [0.25, 0.3) is 0 Å². The van der Waals surface area contributed by atoms with E-state index in [4.69, 9.17) is 0 Å². The number of ether oxygens (including phenoxy) is 1. The number of carbonyl (C=O) groups excluding carboxylic acids is 1. The number of hydrogen-bond donors (Lipinski definition) is 0. The molecule has 0 aliphatic carbocycles. The second-order valence-electron chi connectivity index (χ2n) is 1.46. The summed E-state index contributed by atoms with van der Waals surface area (Å²) in [7, 11) is -3.10. The van der Waals surface area contributed by atoms with Crippen LogP contribution < -0.4 is 0 Å². The van der Waals surface area contributed by atoms with E-state index in [2.05, 4.69) is 4.74 Å². The van der Waals surface area contributed by atoms with Crippen molar-refractivity contribution in [2.45, 2.75) is 0 Å². The number of hydrogen-bond acceptors (Lipinski definition) is 5. The molecule has 0 aliphatic rings. The molecule has 0 aromatic carbocycles. The minimum Gasteiger partial charge on any atom is -0.411 e. The molecule has 0 spiro atoms. The molecule has 0 aromatic heterocycles. The Hall–Kier alpha value is -0.980. The maximum atomic E-state index is 10.2. The summed E-state index contributed by atoms with van der Waals surface area (Å²) in [6.45, 7) is 0. The lowest BCUT2D eigenvalue weighted by atomic mass is 11.2. The average molecular weight is 168 g/mol.